The fourth-order valence-corrected chi connectivity index (χ4v) is 4.71. The number of carboxylic acid groups (broad SMARTS) is 1. The maximum Gasteiger partial charge on any atom is 0.323 e. The number of aliphatic hydroxyl groups is 1. The molecule has 0 bridgehead atoms. The molecule has 1 aliphatic rings. The summed E-state index contributed by atoms with van der Waals surface area (Å²) in [5, 5.41) is 25.5. The number of carbonyl (C=O) groups is 1. The minimum atomic E-state index is -1.08. The first kappa shape index (κ1) is 26.9. The molecule has 2 aromatic heterocycles. The van der Waals surface area contributed by atoms with Gasteiger partial charge in [-0.25, -0.2) is 4.98 Å². The van der Waals surface area contributed by atoms with Crippen LogP contribution in [0, 0.1) is 12.8 Å². The van der Waals surface area contributed by atoms with Crippen molar-refractivity contribution >= 4 is 29.4 Å². The Morgan fingerprint density at radius 1 is 1.34 bits per heavy atom. The Morgan fingerprint density at radius 3 is 2.74 bits per heavy atom. The second-order valence-electron chi connectivity index (χ2n) is 9.35. The first-order valence-electron chi connectivity index (χ1n) is 11.8. The number of nitrogens with zero attached hydrogens (tertiary/aromatic N) is 3. The lowest BCUT2D eigenvalue weighted by atomic mass is 9.99. The Balaban J connectivity index is 0.00000342. The van der Waals surface area contributed by atoms with Crippen LogP contribution in [-0.4, -0.2) is 55.5 Å². The van der Waals surface area contributed by atoms with Gasteiger partial charge in [0.1, 0.15) is 11.9 Å². The number of rotatable bonds is 8. The van der Waals surface area contributed by atoms with Crippen molar-refractivity contribution < 1.29 is 15.0 Å². The molecule has 0 unspecified atom stereocenters. The number of hydrogen-bond acceptors (Lipinski definition) is 6. The van der Waals surface area contributed by atoms with Crippen molar-refractivity contribution in [2.75, 3.05) is 13.1 Å². The number of piperidine rings is 1. The van der Waals surface area contributed by atoms with Crippen molar-refractivity contribution in [2.45, 2.75) is 51.9 Å². The molecular formula is C25H34ClN5O4. The lowest BCUT2D eigenvalue weighted by molar-refractivity contribution is -0.142. The van der Waals surface area contributed by atoms with Crippen LogP contribution in [0.3, 0.4) is 0 Å². The number of pyridine rings is 1. The molecule has 0 radical (unpaired) electrons. The molecule has 1 saturated heterocycles. The van der Waals surface area contributed by atoms with Crippen LogP contribution in [0.25, 0.3) is 22.4 Å². The molecule has 1 aliphatic heterocycles. The van der Waals surface area contributed by atoms with Gasteiger partial charge in [0.05, 0.1) is 17.1 Å². The second kappa shape index (κ2) is 11.3. The van der Waals surface area contributed by atoms with Crippen LogP contribution in [0.2, 0.25) is 0 Å². The van der Waals surface area contributed by atoms with Crippen LogP contribution < -0.4 is 16.2 Å². The molecule has 4 rings (SSSR count). The smallest absolute Gasteiger partial charge is 0.323 e. The summed E-state index contributed by atoms with van der Waals surface area (Å²) < 4.78 is 3.81. The van der Waals surface area contributed by atoms with Gasteiger partial charge in [-0.1, -0.05) is 6.07 Å². The van der Waals surface area contributed by atoms with Crippen molar-refractivity contribution in [1.82, 2.24) is 24.8 Å². The molecular weight excluding hydrogens is 470 g/mol. The number of halogens is 1. The standard InChI is InChI=1S/C25H33N5O4.ClH/c1-15-9-19(14-29(3)24(15)32)23-28-20-7-6-17(12-27-22(16(2)31)25(33)34)10-21(20)30(23)13-18-5-4-8-26-11-18;/h6-7,9-10,14,16,18,22,26-27,31H,4-5,8,11-13H2,1-3H3,(H,33,34);1H/t16-,18+,22+;/m1./s1. The van der Waals surface area contributed by atoms with Crippen molar-refractivity contribution in [3.63, 3.8) is 0 Å². The molecule has 1 fully saturated rings. The highest BCUT2D eigenvalue weighted by Gasteiger charge is 2.23. The topological polar surface area (TPSA) is 121 Å². The van der Waals surface area contributed by atoms with Gasteiger partial charge in [0.25, 0.3) is 5.56 Å². The van der Waals surface area contributed by atoms with Crippen LogP contribution in [-0.2, 0) is 24.9 Å². The third kappa shape index (κ3) is 5.92. The predicted octanol–water partition coefficient (Wildman–Crippen LogP) is 2.06. The molecule has 3 heterocycles. The molecule has 3 aromatic rings. The molecule has 35 heavy (non-hydrogen) atoms. The Labute approximate surface area is 210 Å². The summed E-state index contributed by atoms with van der Waals surface area (Å²) in [5.74, 6) is 0.196. The molecule has 0 saturated carbocycles. The van der Waals surface area contributed by atoms with E-state index in [1.54, 1.807) is 11.6 Å². The molecule has 190 valence electrons. The van der Waals surface area contributed by atoms with Crippen molar-refractivity contribution in [2.24, 2.45) is 13.0 Å². The Kier molecular flexibility index (Phi) is 8.71. The summed E-state index contributed by atoms with van der Waals surface area (Å²) in [5.41, 5.74) is 4.25. The van der Waals surface area contributed by atoms with Crippen LogP contribution in [0.15, 0.2) is 35.3 Å². The minimum absolute atomic E-state index is 0. The number of aromatic nitrogens is 3. The molecule has 0 aliphatic carbocycles. The van der Waals surface area contributed by atoms with E-state index in [2.05, 4.69) is 15.2 Å². The summed E-state index contributed by atoms with van der Waals surface area (Å²) in [7, 11) is 1.75. The Hall–Kier alpha value is -2.72. The largest absolute Gasteiger partial charge is 0.480 e. The number of carboxylic acids is 1. The third-order valence-electron chi connectivity index (χ3n) is 6.55. The van der Waals surface area contributed by atoms with Crippen molar-refractivity contribution in [3.8, 4) is 11.4 Å². The monoisotopic (exact) mass is 503 g/mol. The van der Waals surface area contributed by atoms with E-state index in [1.807, 2.05) is 37.4 Å². The molecule has 1 aromatic carbocycles. The summed E-state index contributed by atoms with van der Waals surface area (Å²) in [6.07, 6.45) is 3.09. The van der Waals surface area contributed by atoms with Gasteiger partial charge < -0.3 is 24.7 Å². The summed E-state index contributed by atoms with van der Waals surface area (Å²) in [6, 6.07) is 6.74. The van der Waals surface area contributed by atoms with E-state index in [0.29, 0.717) is 18.0 Å². The maximum absolute atomic E-state index is 12.3. The number of fused-ring (bicyclic) bond motifs is 1. The lowest BCUT2D eigenvalue weighted by Gasteiger charge is -2.24. The van der Waals surface area contributed by atoms with E-state index in [-0.39, 0.29) is 18.0 Å². The van der Waals surface area contributed by atoms with E-state index < -0.39 is 18.1 Å². The minimum Gasteiger partial charge on any atom is -0.480 e. The number of benzene rings is 1. The highest BCUT2D eigenvalue weighted by atomic mass is 35.5. The van der Waals surface area contributed by atoms with E-state index in [1.165, 1.54) is 6.92 Å². The average molecular weight is 504 g/mol. The zero-order chi connectivity index (χ0) is 24.4. The van der Waals surface area contributed by atoms with Gasteiger partial charge in [0.2, 0.25) is 0 Å². The number of hydrogen-bond donors (Lipinski definition) is 4. The highest BCUT2D eigenvalue weighted by molar-refractivity contribution is 5.85. The fourth-order valence-electron chi connectivity index (χ4n) is 4.71. The zero-order valence-electron chi connectivity index (χ0n) is 20.3. The summed E-state index contributed by atoms with van der Waals surface area (Å²) in [6.45, 7) is 6.36. The zero-order valence-corrected chi connectivity index (χ0v) is 21.1. The first-order valence-corrected chi connectivity index (χ1v) is 11.8. The lowest BCUT2D eigenvalue weighted by Crippen LogP contribution is -2.44. The third-order valence-corrected chi connectivity index (χ3v) is 6.55. The van der Waals surface area contributed by atoms with Gasteiger partial charge in [-0.05, 0) is 69.5 Å². The highest BCUT2D eigenvalue weighted by Crippen LogP contribution is 2.28. The van der Waals surface area contributed by atoms with Crippen molar-refractivity contribution in [3.05, 3.63) is 51.9 Å². The molecule has 0 amide bonds. The Morgan fingerprint density at radius 2 is 2.11 bits per heavy atom. The quantitative estimate of drug-likeness (QED) is 0.371. The Bertz CT molecular complexity index is 1220. The van der Waals surface area contributed by atoms with Gasteiger partial charge in [-0.2, -0.15) is 0 Å². The molecule has 9 nitrogen and oxygen atoms in total. The SMILES string of the molecule is Cc1cc(-c2nc3ccc(CN[C@H](C(=O)O)[C@@H](C)O)cc3n2C[C@H]2CCCNC2)cn(C)c1=O.Cl. The van der Waals surface area contributed by atoms with Gasteiger partial charge >= 0.3 is 5.97 Å². The fraction of sp³-hybridized carbons (Fsp3) is 0.480. The van der Waals surface area contributed by atoms with Crippen molar-refractivity contribution in [1.29, 1.82) is 0 Å². The number of nitrogens with one attached hydrogen (secondary N) is 2. The van der Waals surface area contributed by atoms with Gasteiger partial charge in [-0.15, -0.1) is 12.4 Å². The van der Waals surface area contributed by atoms with Crippen LogP contribution >= 0.6 is 12.4 Å². The van der Waals surface area contributed by atoms with Crippen LogP contribution in [0.1, 0.15) is 30.9 Å². The number of aliphatic carboxylic acids is 1. The number of imidazole rings is 1. The van der Waals surface area contributed by atoms with E-state index >= 15 is 0 Å². The average Bonchev–Trinajstić information content (AvgIpc) is 3.15. The van der Waals surface area contributed by atoms with E-state index in [4.69, 9.17) is 4.98 Å². The predicted molar refractivity (Wildman–Crippen MR) is 138 cm³/mol. The second-order valence-corrected chi connectivity index (χ2v) is 9.35. The van der Waals surface area contributed by atoms with Gasteiger partial charge in [0.15, 0.2) is 0 Å². The van der Waals surface area contributed by atoms with Gasteiger partial charge in [0, 0.05) is 37.5 Å². The summed E-state index contributed by atoms with van der Waals surface area (Å²) >= 11 is 0. The maximum atomic E-state index is 12.3. The molecule has 4 N–H and O–H groups in total. The van der Waals surface area contributed by atoms with Crippen LogP contribution in [0.5, 0.6) is 0 Å². The number of aryl methyl sites for hydroxylation is 2. The molecule has 0 spiro atoms. The van der Waals surface area contributed by atoms with Crippen LogP contribution in [0.4, 0.5) is 0 Å². The first-order chi connectivity index (χ1) is 16.2. The number of aliphatic hydroxyl groups excluding tert-OH is 1. The molecule has 10 heteroatoms. The van der Waals surface area contributed by atoms with E-state index in [0.717, 1.165) is 60.5 Å². The normalized spacial score (nSPS) is 17.7. The molecule has 3 atom stereocenters. The van der Waals surface area contributed by atoms with E-state index in [9.17, 15) is 19.8 Å². The van der Waals surface area contributed by atoms with Gasteiger partial charge in [-0.3, -0.25) is 14.9 Å². The summed E-state index contributed by atoms with van der Waals surface area (Å²) in [4.78, 5) is 28.6.